The van der Waals surface area contributed by atoms with Crippen molar-refractivity contribution in [1.82, 2.24) is 15.5 Å². The molecule has 1 aliphatic carbocycles. The van der Waals surface area contributed by atoms with Crippen LogP contribution in [0, 0.1) is 12.8 Å². The molecule has 0 amide bonds. The summed E-state index contributed by atoms with van der Waals surface area (Å²) in [6.45, 7) is 9.79. The topological polar surface area (TPSA) is 69.1 Å². The summed E-state index contributed by atoms with van der Waals surface area (Å²) in [5.41, 5.74) is 2.79. The Labute approximate surface area is 198 Å². The fraction of sp³-hybridized carbons (Fsp3) is 0.696. The lowest BCUT2D eigenvalue weighted by atomic mass is 10.0. The summed E-state index contributed by atoms with van der Waals surface area (Å²) in [7, 11) is 0. The molecule has 30 heavy (non-hydrogen) atoms. The van der Waals surface area contributed by atoms with Crippen LogP contribution in [0.4, 0.5) is 0 Å². The first-order valence-electron chi connectivity index (χ1n) is 11.2. The van der Waals surface area contributed by atoms with Crippen LogP contribution in [0.5, 0.6) is 0 Å². The lowest BCUT2D eigenvalue weighted by Crippen LogP contribution is -2.48. The maximum atomic E-state index is 10.1. The Morgan fingerprint density at radius 3 is 2.63 bits per heavy atom. The number of rotatable bonds is 10. The van der Waals surface area contributed by atoms with E-state index < -0.39 is 6.10 Å². The summed E-state index contributed by atoms with van der Waals surface area (Å²) < 4.78 is 5.56. The largest absolute Gasteiger partial charge is 0.389 e. The van der Waals surface area contributed by atoms with Crippen LogP contribution in [0.25, 0.3) is 0 Å². The van der Waals surface area contributed by atoms with Crippen molar-refractivity contribution >= 4 is 29.9 Å². The third-order valence-electron chi connectivity index (χ3n) is 5.75. The van der Waals surface area contributed by atoms with Gasteiger partial charge in [0.15, 0.2) is 5.96 Å². The molecule has 6 nitrogen and oxygen atoms in total. The normalized spacial score (nSPS) is 19.2. The van der Waals surface area contributed by atoms with Crippen LogP contribution < -0.4 is 10.6 Å². The van der Waals surface area contributed by atoms with Crippen LogP contribution in [-0.2, 0) is 11.3 Å². The first-order chi connectivity index (χ1) is 14.1. The minimum Gasteiger partial charge on any atom is -0.389 e. The maximum Gasteiger partial charge on any atom is 0.191 e. The monoisotopic (exact) mass is 530 g/mol. The molecular weight excluding hydrogens is 491 g/mol. The van der Waals surface area contributed by atoms with Gasteiger partial charge in [-0.15, -0.1) is 24.0 Å². The van der Waals surface area contributed by atoms with E-state index in [1.165, 1.54) is 24.0 Å². The van der Waals surface area contributed by atoms with Crippen molar-refractivity contribution in [3.63, 3.8) is 0 Å². The predicted molar refractivity (Wildman–Crippen MR) is 134 cm³/mol. The zero-order chi connectivity index (χ0) is 20.5. The Kier molecular flexibility index (Phi) is 11.4. The number of hydrogen-bond acceptors (Lipinski definition) is 4. The minimum atomic E-state index is -0.542. The molecule has 0 aromatic heterocycles. The lowest BCUT2D eigenvalue weighted by molar-refractivity contribution is 0.0368. The molecule has 3 rings (SSSR count). The van der Waals surface area contributed by atoms with Crippen molar-refractivity contribution in [3.05, 3.63) is 35.4 Å². The highest BCUT2D eigenvalue weighted by Crippen LogP contribution is 2.28. The summed E-state index contributed by atoms with van der Waals surface area (Å²) in [4.78, 5) is 7.10. The van der Waals surface area contributed by atoms with Crippen LogP contribution >= 0.6 is 24.0 Å². The van der Waals surface area contributed by atoms with E-state index in [4.69, 9.17) is 4.74 Å². The van der Waals surface area contributed by atoms with Crippen LogP contribution in [0.2, 0.25) is 0 Å². The summed E-state index contributed by atoms with van der Waals surface area (Å²) in [5.74, 6) is 1.52. The van der Waals surface area contributed by atoms with Crippen molar-refractivity contribution in [3.8, 4) is 0 Å². The van der Waals surface area contributed by atoms with Gasteiger partial charge < -0.3 is 20.5 Å². The van der Waals surface area contributed by atoms with Crippen LogP contribution in [0.1, 0.15) is 43.7 Å². The second-order valence-electron chi connectivity index (χ2n) is 8.48. The number of aliphatic imine (C=N–C) groups is 1. The van der Waals surface area contributed by atoms with Crippen molar-refractivity contribution in [2.75, 3.05) is 39.4 Å². The van der Waals surface area contributed by atoms with Crippen molar-refractivity contribution < 1.29 is 9.84 Å². The van der Waals surface area contributed by atoms with Crippen molar-refractivity contribution in [1.29, 1.82) is 0 Å². The number of nitrogens with zero attached hydrogens (tertiary/aromatic N) is 2. The van der Waals surface area contributed by atoms with E-state index in [1.54, 1.807) is 0 Å². The van der Waals surface area contributed by atoms with Gasteiger partial charge >= 0.3 is 0 Å². The molecule has 0 bridgehead atoms. The minimum absolute atomic E-state index is 0. The average Bonchev–Trinajstić information content (AvgIpc) is 3.54. The van der Waals surface area contributed by atoms with Gasteiger partial charge in [0.2, 0.25) is 0 Å². The van der Waals surface area contributed by atoms with Gasteiger partial charge in [0, 0.05) is 38.8 Å². The maximum absolute atomic E-state index is 10.1. The number of benzene rings is 1. The number of guanidine groups is 1. The average molecular weight is 530 g/mol. The number of aliphatic hydroxyl groups excluding tert-OH is 1. The Morgan fingerprint density at radius 2 is 1.97 bits per heavy atom. The SMILES string of the molecule is CCNC(=NCC(O)COCC1CC1)NC1CCN(Cc2ccccc2C)CC1.I. The molecule has 0 radical (unpaired) electrons. The Hall–Kier alpha value is -0.900. The Balaban J connectivity index is 0.00000320. The zero-order valence-electron chi connectivity index (χ0n) is 18.5. The number of halogens is 1. The van der Waals surface area contributed by atoms with Crippen LogP contribution in [-0.4, -0.2) is 67.5 Å². The Bertz CT molecular complexity index is 646. The number of nitrogens with one attached hydrogen (secondary N) is 2. The summed E-state index contributed by atoms with van der Waals surface area (Å²) >= 11 is 0. The number of aliphatic hydroxyl groups is 1. The highest BCUT2D eigenvalue weighted by atomic mass is 127. The van der Waals surface area contributed by atoms with Gasteiger partial charge in [-0.3, -0.25) is 9.89 Å². The van der Waals surface area contributed by atoms with E-state index in [1.807, 2.05) is 0 Å². The van der Waals surface area contributed by atoms with Gasteiger partial charge in [0.1, 0.15) is 0 Å². The number of likely N-dealkylation sites (tertiary alicyclic amines) is 1. The van der Waals surface area contributed by atoms with Gasteiger partial charge in [0.25, 0.3) is 0 Å². The summed E-state index contributed by atoms with van der Waals surface area (Å²) in [6.07, 6.45) is 4.20. The smallest absolute Gasteiger partial charge is 0.191 e. The summed E-state index contributed by atoms with van der Waals surface area (Å²) in [5, 5.41) is 17.0. The first-order valence-corrected chi connectivity index (χ1v) is 11.2. The highest BCUT2D eigenvalue weighted by molar-refractivity contribution is 14.0. The van der Waals surface area contributed by atoms with E-state index in [0.717, 1.165) is 57.5 Å². The number of ether oxygens (including phenoxy) is 1. The van der Waals surface area contributed by atoms with Crippen molar-refractivity contribution in [2.24, 2.45) is 10.9 Å². The lowest BCUT2D eigenvalue weighted by Gasteiger charge is -2.33. The number of hydrogen-bond donors (Lipinski definition) is 3. The number of aryl methyl sites for hydroxylation is 1. The van der Waals surface area contributed by atoms with E-state index in [0.29, 0.717) is 19.2 Å². The second kappa shape index (κ2) is 13.5. The molecule has 1 aromatic carbocycles. The van der Waals surface area contributed by atoms with Gasteiger partial charge in [-0.2, -0.15) is 0 Å². The second-order valence-corrected chi connectivity index (χ2v) is 8.48. The molecule has 1 unspecified atom stereocenters. The van der Waals surface area contributed by atoms with Crippen LogP contribution in [0.15, 0.2) is 29.3 Å². The fourth-order valence-electron chi connectivity index (χ4n) is 3.68. The van der Waals surface area contributed by atoms with Crippen molar-refractivity contribution in [2.45, 2.75) is 58.2 Å². The van der Waals surface area contributed by atoms with Gasteiger partial charge in [-0.05, 0) is 56.6 Å². The van der Waals surface area contributed by atoms with Gasteiger partial charge in [-0.1, -0.05) is 24.3 Å². The molecule has 7 heteroatoms. The third-order valence-corrected chi connectivity index (χ3v) is 5.75. The molecule has 1 saturated carbocycles. The summed E-state index contributed by atoms with van der Waals surface area (Å²) in [6, 6.07) is 9.07. The molecular formula is C23H39IN4O2. The van der Waals surface area contributed by atoms with E-state index >= 15 is 0 Å². The molecule has 2 fully saturated rings. The predicted octanol–water partition coefficient (Wildman–Crippen LogP) is 2.92. The fourth-order valence-corrected chi connectivity index (χ4v) is 3.68. The Morgan fingerprint density at radius 1 is 1.23 bits per heavy atom. The van der Waals surface area contributed by atoms with E-state index in [9.17, 15) is 5.11 Å². The van der Waals surface area contributed by atoms with Gasteiger partial charge in [-0.25, -0.2) is 0 Å². The molecule has 1 saturated heterocycles. The third kappa shape index (κ3) is 9.08. The quantitative estimate of drug-likeness (QED) is 0.247. The molecule has 1 heterocycles. The standard InChI is InChI=1S/C23H38N4O2.HI/c1-3-24-23(25-14-22(28)17-29-16-19-8-9-19)26-21-10-12-27(13-11-21)15-20-7-5-4-6-18(20)2;/h4-7,19,21-22,28H,3,8-17H2,1-2H3,(H2,24,25,26);1H. The molecule has 0 spiro atoms. The molecule has 1 aromatic rings. The molecule has 1 atom stereocenters. The first kappa shape index (κ1) is 25.4. The number of piperidine rings is 1. The highest BCUT2D eigenvalue weighted by Gasteiger charge is 2.22. The molecule has 2 aliphatic rings. The van der Waals surface area contributed by atoms with E-state index in [2.05, 4.69) is 58.6 Å². The zero-order valence-corrected chi connectivity index (χ0v) is 20.8. The molecule has 1 aliphatic heterocycles. The van der Waals surface area contributed by atoms with Gasteiger partial charge in [0.05, 0.1) is 19.3 Å². The van der Waals surface area contributed by atoms with Crippen LogP contribution in [0.3, 0.4) is 0 Å². The molecule has 3 N–H and O–H groups in total. The molecule has 170 valence electrons. The van der Waals surface area contributed by atoms with E-state index in [-0.39, 0.29) is 24.0 Å².